The lowest BCUT2D eigenvalue weighted by atomic mass is 9.92. The lowest BCUT2D eigenvalue weighted by molar-refractivity contribution is -0.137. The van der Waals surface area contributed by atoms with Crippen LogP contribution in [0.25, 0.3) is 0 Å². The van der Waals surface area contributed by atoms with E-state index in [1.54, 1.807) is 6.07 Å². The van der Waals surface area contributed by atoms with Crippen LogP contribution in [-0.4, -0.2) is 28.4 Å². The van der Waals surface area contributed by atoms with Crippen LogP contribution in [0.4, 0.5) is 0 Å². The number of hydrogen-bond donors (Lipinski definition) is 3. The Labute approximate surface area is 98.3 Å². The first-order chi connectivity index (χ1) is 7.98. The number of carboxylic acids is 1. The predicted octanol–water partition coefficient (Wildman–Crippen LogP) is 1.61. The van der Waals surface area contributed by atoms with Crippen molar-refractivity contribution in [2.24, 2.45) is 0 Å². The second-order valence-corrected chi connectivity index (χ2v) is 4.40. The van der Waals surface area contributed by atoms with Gasteiger partial charge in [-0.2, -0.15) is 0 Å². The molecule has 92 valence electrons. The highest BCUT2D eigenvalue weighted by Gasteiger charge is 2.46. The van der Waals surface area contributed by atoms with Gasteiger partial charge < -0.3 is 20.1 Å². The van der Waals surface area contributed by atoms with Crippen molar-refractivity contribution < 1.29 is 24.9 Å². The molecule has 1 aromatic rings. The first-order valence-corrected chi connectivity index (χ1v) is 5.31. The van der Waals surface area contributed by atoms with Gasteiger partial charge >= 0.3 is 5.97 Å². The Morgan fingerprint density at radius 3 is 2.53 bits per heavy atom. The molecular formula is C12H14O5. The number of phenolic OH excluding ortho intramolecular Hbond substituents is 2. The number of methoxy groups -OCH3 is 1. The summed E-state index contributed by atoms with van der Waals surface area (Å²) in [5.41, 5.74) is 0.289. The molecule has 0 aliphatic heterocycles. The van der Waals surface area contributed by atoms with Gasteiger partial charge in [-0.15, -0.1) is 0 Å². The Bertz CT molecular complexity index is 462. The highest BCUT2D eigenvalue weighted by Crippen LogP contribution is 2.53. The van der Waals surface area contributed by atoms with Gasteiger partial charge in [0, 0.05) is 5.41 Å². The number of ether oxygens (including phenoxy) is 1. The van der Waals surface area contributed by atoms with E-state index in [0.717, 1.165) is 12.8 Å². The molecule has 3 N–H and O–H groups in total. The molecule has 1 fully saturated rings. The van der Waals surface area contributed by atoms with Gasteiger partial charge in [0.05, 0.1) is 13.5 Å². The summed E-state index contributed by atoms with van der Waals surface area (Å²) >= 11 is 0. The molecule has 5 nitrogen and oxygen atoms in total. The standard InChI is InChI=1S/C12H14O5/c1-17-9-5-7(4-8(13)11(9)16)12(2-3-12)6-10(14)15/h4-5,13,16H,2-3,6H2,1H3,(H,14,15). The molecular weight excluding hydrogens is 224 g/mol. The summed E-state index contributed by atoms with van der Waals surface area (Å²) in [6.07, 6.45) is 1.57. The summed E-state index contributed by atoms with van der Waals surface area (Å²) in [5.74, 6) is -1.30. The number of benzene rings is 1. The van der Waals surface area contributed by atoms with Crippen molar-refractivity contribution in [3.8, 4) is 17.2 Å². The molecule has 0 atom stereocenters. The molecule has 0 saturated heterocycles. The summed E-state index contributed by atoms with van der Waals surface area (Å²) in [6, 6.07) is 3.00. The highest BCUT2D eigenvalue weighted by molar-refractivity contribution is 5.70. The smallest absolute Gasteiger partial charge is 0.304 e. The Balaban J connectivity index is 2.40. The van der Waals surface area contributed by atoms with E-state index in [1.807, 2.05) is 0 Å². The maximum atomic E-state index is 10.8. The molecule has 0 spiro atoms. The summed E-state index contributed by atoms with van der Waals surface area (Å²) in [4.78, 5) is 10.8. The highest BCUT2D eigenvalue weighted by atomic mass is 16.5. The minimum atomic E-state index is -0.867. The Kier molecular flexibility index (Phi) is 2.61. The van der Waals surface area contributed by atoms with Crippen molar-refractivity contribution in [1.82, 2.24) is 0 Å². The van der Waals surface area contributed by atoms with Crippen molar-refractivity contribution in [2.75, 3.05) is 7.11 Å². The maximum absolute atomic E-state index is 10.8. The van der Waals surface area contributed by atoms with Crippen LogP contribution in [0, 0.1) is 0 Å². The minimum absolute atomic E-state index is 0.0281. The monoisotopic (exact) mass is 238 g/mol. The van der Waals surface area contributed by atoms with E-state index in [-0.39, 0.29) is 23.7 Å². The van der Waals surface area contributed by atoms with Gasteiger partial charge in [-0.05, 0) is 30.5 Å². The summed E-state index contributed by atoms with van der Waals surface area (Å²) in [5, 5.41) is 27.9. The maximum Gasteiger partial charge on any atom is 0.304 e. The molecule has 0 aromatic heterocycles. The Morgan fingerprint density at radius 2 is 2.06 bits per heavy atom. The predicted molar refractivity (Wildman–Crippen MR) is 59.5 cm³/mol. The van der Waals surface area contributed by atoms with Gasteiger partial charge in [0.15, 0.2) is 11.5 Å². The molecule has 1 aromatic carbocycles. The van der Waals surface area contributed by atoms with E-state index in [0.29, 0.717) is 5.56 Å². The molecule has 0 radical (unpaired) electrons. The van der Waals surface area contributed by atoms with Crippen LogP contribution in [0.1, 0.15) is 24.8 Å². The van der Waals surface area contributed by atoms with Crippen LogP contribution in [0.2, 0.25) is 0 Å². The van der Waals surface area contributed by atoms with Crippen LogP contribution >= 0.6 is 0 Å². The molecule has 0 unspecified atom stereocenters. The SMILES string of the molecule is COc1cc(C2(CC(=O)O)CC2)cc(O)c1O. The van der Waals surface area contributed by atoms with Crippen molar-refractivity contribution in [3.63, 3.8) is 0 Å². The lowest BCUT2D eigenvalue weighted by Gasteiger charge is -2.15. The number of aliphatic carboxylic acids is 1. The van der Waals surface area contributed by atoms with Gasteiger partial charge in [-0.1, -0.05) is 0 Å². The largest absolute Gasteiger partial charge is 0.504 e. The molecule has 1 aliphatic rings. The minimum Gasteiger partial charge on any atom is -0.504 e. The number of carboxylic acid groups (broad SMARTS) is 1. The second kappa shape index (κ2) is 3.84. The molecule has 0 heterocycles. The zero-order valence-corrected chi connectivity index (χ0v) is 9.43. The molecule has 2 rings (SSSR count). The van der Waals surface area contributed by atoms with Gasteiger partial charge in [0.25, 0.3) is 0 Å². The van der Waals surface area contributed by atoms with E-state index < -0.39 is 11.4 Å². The number of phenols is 2. The zero-order chi connectivity index (χ0) is 12.6. The topological polar surface area (TPSA) is 87.0 Å². The van der Waals surface area contributed by atoms with Crippen molar-refractivity contribution in [1.29, 1.82) is 0 Å². The van der Waals surface area contributed by atoms with Crippen LogP contribution in [0.15, 0.2) is 12.1 Å². The van der Waals surface area contributed by atoms with E-state index in [4.69, 9.17) is 9.84 Å². The van der Waals surface area contributed by atoms with E-state index >= 15 is 0 Å². The average molecular weight is 238 g/mol. The molecule has 0 amide bonds. The fourth-order valence-corrected chi connectivity index (χ4v) is 2.06. The normalized spacial score (nSPS) is 16.5. The fraction of sp³-hybridized carbons (Fsp3) is 0.417. The van der Waals surface area contributed by atoms with Crippen LogP contribution < -0.4 is 4.74 Å². The average Bonchev–Trinajstić information content (AvgIpc) is 3.01. The third-order valence-electron chi connectivity index (χ3n) is 3.23. The Hall–Kier alpha value is -1.91. The van der Waals surface area contributed by atoms with Crippen LogP contribution in [0.5, 0.6) is 17.2 Å². The molecule has 0 bridgehead atoms. The first kappa shape index (κ1) is 11.6. The molecule has 1 saturated carbocycles. The second-order valence-electron chi connectivity index (χ2n) is 4.40. The van der Waals surface area contributed by atoms with Gasteiger partial charge in [-0.3, -0.25) is 4.79 Å². The zero-order valence-electron chi connectivity index (χ0n) is 9.43. The number of carbonyl (C=O) groups is 1. The van der Waals surface area contributed by atoms with Crippen LogP contribution in [0.3, 0.4) is 0 Å². The quantitative estimate of drug-likeness (QED) is 0.694. The summed E-state index contributed by atoms with van der Waals surface area (Å²) < 4.78 is 4.94. The van der Waals surface area contributed by atoms with Crippen molar-refractivity contribution in [3.05, 3.63) is 17.7 Å². The lowest BCUT2D eigenvalue weighted by Crippen LogP contribution is -2.13. The number of rotatable bonds is 4. The van der Waals surface area contributed by atoms with E-state index in [9.17, 15) is 15.0 Å². The van der Waals surface area contributed by atoms with Gasteiger partial charge in [-0.25, -0.2) is 0 Å². The third-order valence-corrected chi connectivity index (χ3v) is 3.23. The van der Waals surface area contributed by atoms with Crippen molar-refractivity contribution in [2.45, 2.75) is 24.7 Å². The van der Waals surface area contributed by atoms with E-state index in [2.05, 4.69) is 0 Å². The first-order valence-electron chi connectivity index (χ1n) is 5.31. The van der Waals surface area contributed by atoms with Crippen LogP contribution in [-0.2, 0) is 10.2 Å². The number of hydrogen-bond acceptors (Lipinski definition) is 4. The molecule has 17 heavy (non-hydrogen) atoms. The summed E-state index contributed by atoms with van der Waals surface area (Å²) in [6.45, 7) is 0. The third kappa shape index (κ3) is 2.00. The molecule has 1 aliphatic carbocycles. The van der Waals surface area contributed by atoms with Gasteiger partial charge in [0.1, 0.15) is 0 Å². The van der Waals surface area contributed by atoms with E-state index in [1.165, 1.54) is 13.2 Å². The number of aromatic hydroxyl groups is 2. The Morgan fingerprint density at radius 1 is 1.41 bits per heavy atom. The molecule has 5 heteroatoms. The van der Waals surface area contributed by atoms with Gasteiger partial charge in [0.2, 0.25) is 5.75 Å². The van der Waals surface area contributed by atoms with Crippen molar-refractivity contribution >= 4 is 5.97 Å². The fourth-order valence-electron chi connectivity index (χ4n) is 2.06. The summed E-state index contributed by atoms with van der Waals surface area (Å²) in [7, 11) is 1.38.